The van der Waals surface area contributed by atoms with Crippen molar-refractivity contribution < 1.29 is 14.3 Å². The monoisotopic (exact) mass is 412 g/mol. The molecule has 0 atom stereocenters. The number of halogens is 2. The molecule has 26 heavy (non-hydrogen) atoms. The number of piperazine rings is 1. The van der Waals surface area contributed by atoms with E-state index in [1.807, 2.05) is 9.80 Å². The molecule has 0 spiro atoms. The molecule has 9 heteroatoms. The van der Waals surface area contributed by atoms with Crippen LogP contribution < -0.4 is 5.73 Å². The van der Waals surface area contributed by atoms with Crippen LogP contribution in [0.25, 0.3) is 0 Å². The number of amides is 2. The summed E-state index contributed by atoms with van der Waals surface area (Å²) in [6.07, 6.45) is 1.40. The number of carbonyl (C=O) groups excluding carboxylic acids is 2. The van der Waals surface area contributed by atoms with E-state index in [1.54, 1.807) is 0 Å². The van der Waals surface area contributed by atoms with E-state index in [4.69, 9.17) is 10.5 Å². The van der Waals surface area contributed by atoms with E-state index in [-0.39, 0.29) is 36.6 Å². The second kappa shape index (κ2) is 12.0. The fourth-order valence-corrected chi connectivity index (χ4v) is 3.50. The number of nitrogens with two attached hydrogens (primary N) is 1. The van der Waals surface area contributed by atoms with Crippen LogP contribution >= 0.6 is 24.8 Å². The smallest absolute Gasteiger partial charge is 0.236 e. The fraction of sp³-hybridized carbons (Fsp3) is 0.882. The van der Waals surface area contributed by atoms with Gasteiger partial charge in [-0.3, -0.25) is 14.5 Å². The lowest BCUT2D eigenvalue weighted by Gasteiger charge is -2.42. The first-order valence-electron chi connectivity index (χ1n) is 9.13. The largest absolute Gasteiger partial charge is 0.381 e. The quantitative estimate of drug-likeness (QED) is 0.690. The molecule has 2 amide bonds. The van der Waals surface area contributed by atoms with Crippen LogP contribution in [-0.4, -0.2) is 92.1 Å². The van der Waals surface area contributed by atoms with Gasteiger partial charge in [0.1, 0.15) is 0 Å². The van der Waals surface area contributed by atoms with Gasteiger partial charge in [-0.15, -0.1) is 24.8 Å². The minimum Gasteiger partial charge on any atom is -0.381 e. The second-order valence-corrected chi connectivity index (χ2v) is 6.73. The minimum atomic E-state index is -0.467. The van der Waals surface area contributed by atoms with Crippen LogP contribution in [0.15, 0.2) is 0 Å². The van der Waals surface area contributed by atoms with E-state index in [0.717, 1.165) is 13.1 Å². The lowest BCUT2D eigenvalue weighted by Crippen LogP contribution is -2.57. The minimum absolute atomic E-state index is 0. The van der Waals surface area contributed by atoms with Gasteiger partial charge in [-0.25, -0.2) is 0 Å². The Morgan fingerprint density at radius 1 is 1.00 bits per heavy atom. The summed E-state index contributed by atoms with van der Waals surface area (Å²) >= 11 is 0. The molecule has 2 fully saturated rings. The molecule has 2 aliphatic rings. The number of nitrogens with zero attached hydrogens (tertiary/aromatic N) is 3. The fourth-order valence-electron chi connectivity index (χ4n) is 3.50. The molecule has 2 aliphatic heterocycles. The summed E-state index contributed by atoms with van der Waals surface area (Å²) in [6, 6.07) is 0. The first-order chi connectivity index (χ1) is 11.6. The topological polar surface area (TPSA) is 79.1 Å². The van der Waals surface area contributed by atoms with Gasteiger partial charge in [0.05, 0.1) is 12.0 Å². The number of likely N-dealkylation sites (N-methyl/N-ethyl adjacent to an activating group) is 1. The van der Waals surface area contributed by atoms with Crippen LogP contribution in [0, 0.1) is 5.41 Å². The standard InChI is InChI=1S/C17H32N4O3.2ClH/c1-3-19(4-2)13-15(22)20-7-9-21(10-8-20)16(23)17(14-18)5-11-24-12-6-17;;/h3-14,18H2,1-2H3;2*1H. The highest BCUT2D eigenvalue weighted by molar-refractivity contribution is 5.85. The third-order valence-electron chi connectivity index (χ3n) is 5.47. The maximum atomic E-state index is 12.9. The normalized spacial score (nSPS) is 19.5. The molecule has 2 heterocycles. The van der Waals surface area contributed by atoms with Crippen molar-refractivity contribution in [2.75, 3.05) is 65.6 Å². The van der Waals surface area contributed by atoms with Crippen molar-refractivity contribution in [3.8, 4) is 0 Å². The maximum absolute atomic E-state index is 12.9. The third-order valence-corrected chi connectivity index (χ3v) is 5.47. The van der Waals surface area contributed by atoms with Crippen LogP contribution in [-0.2, 0) is 14.3 Å². The van der Waals surface area contributed by atoms with Gasteiger partial charge < -0.3 is 20.3 Å². The van der Waals surface area contributed by atoms with Crippen LogP contribution in [0.5, 0.6) is 0 Å². The Morgan fingerprint density at radius 3 is 1.96 bits per heavy atom. The highest BCUT2D eigenvalue weighted by atomic mass is 35.5. The lowest BCUT2D eigenvalue weighted by atomic mass is 9.78. The summed E-state index contributed by atoms with van der Waals surface area (Å²) in [5.41, 5.74) is 5.47. The number of carbonyl (C=O) groups is 2. The Balaban J connectivity index is 0.00000312. The predicted molar refractivity (Wildman–Crippen MR) is 107 cm³/mol. The molecule has 0 unspecified atom stereocenters. The molecular formula is C17H34Cl2N4O3. The molecule has 2 N–H and O–H groups in total. The van der Waals surface area contributed by atoms with Crippen molar-refractivity contribution >= 4 is 36.6 Å². The van der Waals surface area contributed by atoms with Crippen molar-refractivity contribution in [3.63, 3.8) is 0 Å². The molecule has 0 aliphatic carbocycles. The third kappa shape index (κ3) is 5.96. The van der Waals surface area contributed by atoms with Gasteiger partial charge in [0, 0.05) is 45.9 Å². The molecule has 0 aromatic carbocycles. The molecule has 0 radical (unpaired) electrons. The van der Waals surface area contributed by atoms with Crippen molar-refractivity contribution in [1.29, 1.82) is 0 Å². The van der Waals surface area contributed by atoms with Crippen molar-refractivity contribution in [1.82, 2.24) is 14.7 Å². The van der Waals surface area contributed by atoms with Crippen molar-refractivity contribution in [2.45, 2.75) is 26.7 Å². The average molecular weight is 413 g/mol. The summed E-state index contributed by atoms with van der Waals surface area (Å²) in [5, 5.41) is 0. The molecule has 0 saturated carbocycles. The molecule has 0 aromatic heterocycles. The van der Waals surface area contributed by atoms with Gasteiger partial charge in [-0.2, -0.15) is 0 Å². The summed E-state index contributed by atoms with van der Waals surface area (Å²) in [5.74, 6) is 0.301. The van der Waals surface area contributed by atoms with Gasteiger partial charge >= 0.3 is 0 Å². The molecule has 0 bridgehead atoms. The van der Waals surface area contributed by atoms with Crippen molar-refractivity contribution in [3.05, 3.63) is 0 Å². The van der Waals surface area contributed by atoms with E-state index in [9.17, 15) is 9.59 Å². The van der Waals surface area contributed by atoms with Crippen LogP contribution in [0.3, 0.4) is 0 Å². The molecular weight excluding hydrogens is 379 g/mol. The Bertz CT molecular complexity index is 436. The van der Waals surface area contributed by atoms with Crippen LogP contribution in [0.2, 0.25) is 0 Å². The van der Waals surface area contributed by atoms with Gasteiger partial charge in [0.15, 0.2) is 0 Å². The number of rotatable bonds is 6. The Morgan fingerprint density at radius 2 is 1.50 bits per heavy atom. The first-order valence-corrected chi connectivity index (χ1v) is 9.13. The Kier molecular flexibility index (Phi) is 11.7. The summed E-state index contributed by atoms with van der Waals surface area (Å²) in [4.78, 5) is 31.2. The van der Waals surface area contributed by atoms with Gasteiger partial charge in [-0.05, 0) is 25.9 Å². The molecule has 2 saturated heterocycles. The SMILES string of the molecule is CCN(CC)CC(=O)N1CCN(C(=O)C2(CN)CCOCC2)CC1.Cl.Cl. The van der Waals surface area contributed by atoms with E-state index >= 15 is 0 Å². The molecule has 2 rings (SSSR count). The van der Waals surface area contributed by atoms with Gasteiger partial charge in [-0.1, -0.05) is 13.8 Å². The Labute approximate surface area is 169 Å². The molecule has 154 valence electrons. The first kappa shape index (κ1) is 25.4. The van der Waals surface area contributed by atoms with E-state index < -0.39 is 5.41 Å². The number of ether oxygens (including phenoxy) is 1. The lowest BCUT2D eigenvalue weighted by molar-refractivity contribution is -0.151. The highest BCUT2D eigenvalue weighted by Crippen LogP contribution is 2.32. The average Bonchev–Trinajstić information content (AvgIpc) is 2.65. The highest BCUT2D eigenvalue weighted by Gasteiger charge is 2.42. The molecule has 7 nitrogen and oxygen atoms in total. The zero-order valence-electron chi connectivity index (χ0n) is 15.9. The van der Waals surface area contributed by atoms with Gasteiger partial charge in [0.2, 0.25) is 11.8 Å². The molecule has 0 aromatic rings. The predicted octanol–water partition coefficient (Wildman–Crippen LogP) is 0.598. The van der Waals surface area contributed by atoms with E-state index in [2.05, 4.69) is 18.7 Å². The zero-order chi connectivity index (χ0) is 17.6. The summed E-state index contributed by atoms with van der Waals surface area (Å²) in [6.45, 7) is 10.4. The summed E-state index contributed by atoms with van der Waals surface area (Å²) < 4.78 is 5.39. The number of hydrogen-bond donors (Lipinski definition) is 1. The van der Waals surface area contributed by atoms with Gasteiger partial charge in [0.25, 0.3) is 0 Å². The number of hydrogen-bond acceptors (Lipinski definition) is 5. The summed E-state index contributed by atoms with van der Waals surface area (Å²) in [7, 11) is 0. The van der Waals surface area contributed by atoms with Crippen LogP contribution in [0.4, 0.5) is 0 Å². The van der Waals surface area contributed by atoms with E-state index in [0.29, 0.717) is 65.3 Å². The van der Waals surface area contributed by atoms with Crippen LogP contribution in [0.1, 0.15) is 26.7 Å². The van der Waals surface area contributed by atoms with E-state index in [1.165, 1.54) is 0 Å². The second-order valence-electron chi connectivity index (χ2n) is 6.73. The maximum Gasteiger partial charge on any atom is 0.236 e. The Hall–Kier alpha value is -0.600. The zero-order valence-corrected chi connectivity index (χ0v) is 17.6. The van der Waals surface area contributed by atoms with Crippen molar-refractivity contribution in [2.24, 2.45) is 11.1 Å².